The Morgan fingerprint density at radius 3 is 2.35 bits per heavy atom. The summed E-state index contributed by atoms with van der Waals surface area (Å²) in [5, 5.41) is 0. The molecule has 0 radical (unpaired) electrons. The minimum atomic E-state index is -0.736. The van der Waals surface area contributed by atoms with Gasteiger partial charge < -0.3 is 19.9 Å². The highest BCUT2D eigenvalue weighted by atomic mass is 16.6. The molecule has 1 saturated heterocycles. The third kappa shape index (κ3) is 8.12. The summed E-state index contributed by atoms with van der Waals surface area (Å²) in [5.74, 6) is -0.432. The predicted octanol–water partition coefficient (Wildman–Crippen LogP) is 1.34. The fraction of sp³-hybridized carbons (Fsp3) is 0.917. The maximum Gasteiger partial charge on any atom is 0.325 e. The van der Waals surface area contributed by atoms with E-state index in [9.17, 15) is 4.79 Å². The van der Waals surface area contributed by atoms with Crippen molar-refractivity contribution < 1.29 is 19.0 Å². The Morgan fingerprint density at radius 1 is 1.35 bits per heavy atom. The van der Waals surface area contributed by atoms with Crippen LogP contribution in [0.2, 0.25) is 0 Å². The molecule has 0 bridgehead atoms. The first-order valence-corrected chi connectivity index (χ1v) is 6.37. The Kier molecular flexibility index (Phi) is 14.8. The van der Waals surface area contributed by atoms with Crippen LogP contribution in [0.1, 0.15) is 34.6 Å². The van der Waals surface area contributed by atoms with Gasteiger partial charge in [-0.1, -0.05) is 27.7 Å². The first-order valence-electron chi connectivity index (χ1n) is 6.37. The molecule has 1 rings (SSSR count). The molecule has 5 heteroatoms. The van der Waals surface area contributed by atoms with E-state index in [1.165, 1.54) is 0 Å². The predicted molar refractivity (Wildman–Crippen MR) is 67.9 cm³/mol. The van der Waals surface area contributed by atoms with Crippen molar-refractivity contribution >= 4 is 5.97 Å². The van der Waals surface area contributed by atoms with Gasteiger partial charge in [-0.3, -0.25) is 4.79 Å². The Bertz CT molecular complexity index is 170. The van der Waals surface area contributed by atoms with Crippen molar-refractivity contribution in [3.8, 4) is 0 Å². The van der Waals surface area contributed by atoms with Crippen LogP contribution in [0.4, 0.5) is 0 Å². The third-order valence-corrected chi connectivity index (χ3v) is 1.80. The van der Waals surface area contributed by atoms with Gasteiger partial charge in [0, 0.05) is 0 Å². The van der Waals surface area contributed by atoms with Gasteiger partial charge in [0.05, 0.1) is 26.4 Å². The van der Waals surface area contributed by atoms with E-state index in [0.717, 1.165) is 0 Å². The summed E-state index contributed by atoms with van der Waals surface area (Å²) in [6.45, 7) is 11.5. The number of rotatable bonds is 3. The van der Waals surface area contributed by atoms with Crippen molar-refractivity contribution in [3.05, 3.63) is 0 Å². The van der Waals surface area contributed by atoms with E-state index in [-0.39, 0.29) is 6.10 Å². The van der Waals surface area contributed by atoms with E-state index in [1.54, 1.807) is 6.92 Å². The Hall–Kier alpha value is -0.650. The summed E-state index contributed by atoms with van der Waals surface area (Å²) < 4.78 is 15.1. The number of hydrogen-bond acceptors (Lipinski definition) is 5. The van der Waals surface area contributed by atoms with Crippen LogP contribution in [-0.4, -0.2) is 44.5 Å². The number of carbonyl (C=O) groups is 1. The van der Waals surface area contributed by atoms with Gasteiger partial charge in [0.15, 0.2) is 0 Å². The average molecular weight is 249 g/mol. The number of ether oxygens (including phenoxy) is 3. The number of carbonyl (C=O) groups excluding carboxylic acids is 1. The van der Waals surface area contributed by atoms with E-state index in [2.05, 4.69) is 0 Å². The molecule has 104 valence electrons. The zero-order valence-corrected chi connectivity index (χ0v) is 11.7. The molecule has 1 heterocycles. The van der Waals surface area contributed by atoms with Crippen LogP contribution >= 0.6 is 0 Å². The molecule has 2 unspecified atom stereocenters. The van der Waals surface area contributed by atoms with Gasteiger partial charge in [-0.05, 0) is 6.92 Å². The normalized spacial score (nSPS) is 20.0. The highest BCUT2D eigenvalue weighted by molar-refractivity contribution is 5.76. The quantitative estimate of drug-likeness (QED) is 0.764. The molecule has 0 aromatic heterocycles. The fourth-order valence-electron chi connectivity index (χ4n) is 1.10. The second-order valence-corrected chi connectivity index (χ2v) is 2.76. The lowest BCUT2D eigenvalue weighted by atomic mass is 10.2. The van der Waals surface area contributed by atoms with Crippen LogP contribution in [0.3, 0.4) is 0 Å². The zero-order chi connectivity index (χ0) is 13.7. The SMILES string of the molecule is CC.CC.CCOC(=O)C(N)C1COCCO1. The molecule has 2 N–H and O–H groups in total. The summed E-state index contributed by atoms with van der Waals surface area (Å²) in [6, 6.07) is -0.736. The van der Waals surface area contributed by atoms with Crippen LogP contribution in [0, 0.1) is 0 Å². The summed E-state index contributed by atoms with van der Waals surface area (Å²) in [5.41, 5.74) is 5.60. The number of esters is 1. The molecule has 1 fully saturated rings. The second-order valence-electron chi connectivity index (χ2n) is 2.76. The molecule has 2 atom stereocenters. The Labute approximate surface area is 105 Å². The van der Waals surface area contributed by atoms with Crippen molar-refractivity contribution in [1.82, 2.24) is 0 Å². The molecule has 0 spiro atoms. The zero-order valence-electron chi connectivity index (χ0n) is 11.7. The van der Waals surface area contributed by atoms with Gasteiger partial charge in [0.1, 0.15) is 12.1 Å². The number of hydrogen-bond donors (Lipinski definition) is 1. The van der Waals surface area contributed by atoms with Crippen molar-refractivity contribution in [2.24, 2.45) is 5.73 Å². The van der Waals surface area contributed by atoms with Gasteiger partial charge in [0.2, 0.25) is 0 Å². The highest BCUT2D eigenvalue weighted by Gasteiger charge is 2.28. The lowest BCUT2D eigenvalue weighted by Crippen LogP contribution is -2.49. The molecule has 0 aromatic carbocycles. The van der Waals surface area contributed by atoms with Crippen LogP contribution < -0.4 is 5.73 Å². The fourth-order valence-corrected chi connectivity index (χ4v) is 1.10. The monoisotopic (exact) mass is 249 g/mol. The molecular formula is C12H27NO4. The number of nitrogens with two attached hydrogens (primary N) is 1. The van der Waals surface area contributed by atoms with E-state index < -0.39 is 12.0 Å². The summed E-state index contributed by atoms with van der Waals surface area (Å²) in [7, 11) is 0. The van der Waals surface area contributed by atoms with Gasteiger partial charge in [-0.2, -0.15) is 0 Å². The molecule has 17 heavy (non-hydrogen) atoms. The van der Waals surface area contributed by atoms with Gasteiger partial charge in [-0.25, -0.2) is 0 Å². The maximum absolute atomic E-state index is 11.2. The van der Waals surface area contributed by atoms with E-state index in [0.29, 0.717) is 26.4 Å². The van der Waals surface area contributed by atoms with Crippen LogP contribution in [-0.2, 0) is 19.0 Å². The maximum atomic E-state index is 11.2. The average Bonchev–Trinajstić information content (AvgIpc) is 2.43. The minimum absolute atomic E-state index is 0.333. The van der Waals surface area contributed by atoms with Gasteiger partial charge in [0.25, 0.3) is 0 Å². The molecule has 0 amide bonds. The summed E-state index contributed by atoms with van der Waals surface area (Å²) in [4.78, 5) is 11.2. The molecule has 1 aliphatic rings. The molecule has 0 aromatic rings. The standard InChI is InChI=1S/C8H15NO4.2C2H6/c1-2-12-8(10)7(9)6-5-11-3-4-13-6;2*1-2/h6-7H,2-5,9H2,1H3;2*1-2H3. The first-order chi connectivity index (χ1) is 8.25. The topological polar surface area (TPSA) is 70.8 Å². The molecule has 5 nitrogen and oxygen atoms in total. The molecule has 0 saturated carbocycles. The first kappa shape index (κ1) is 18.7. The lowest BCUT2D eigenvalue weighted by Gasteiger charge is -2.26. The summed E-state index contributed by atoms with van der Waals surface area (Å²) >= 11 is 0. The molecule has 0 aliphatic carbocycles. The van der Waals surface area contributed by atoms with E-state index >= 15 is 0 Å². The van der Waals surface area contributed by atoms with Crippen LogP contribution in [0.5, 0.6) is 0 Å². The van der Waals surface area contributed by atoms with Crippen LogP contribution in [0.15, 0.2) is 0 Å². The highest BCUT2D eigenvalue weighted by Crippen LogP contribution is 2.05. The molecular weight excluding hydrogens is 222 g/mol. The van der Waals surface area contributed by atoms with Gasteiger partial charge >= 0.3 is 5.97 Å². The largest absolute Gasteiger partial charge is 0.465 e. The Morgan fingerprint density at radius 2 is 1.94 bits per heavy atom. The lowest BCUT2D eigenvalue weighted by molar-refractivity contribution is -0.155. The minimum Gasteiger partial charge on any atom is -0.465 e. The third-order valence-electron chi connectivity index (χ3n) is 1.80. The molecule has 1 aliphatic heterocycles. The van der Waals surface area contributed by atoms with Crippen molar-refractivity contribution in [2.75, 3.05) is 26.4 Å². The van der Waals surface area contributed by atoms with Crippen LogP contribution in [0.25, 0.3) is 0 Å². The smallest absolute Gasteiger partial charge is 0.325 e. The van der Waals surface area contributed by atoms with Crippen molar-refractivity contribution in [1.29, 1.82) is 0 Å². The van der Waals surface area contributed by atoms with E-state index in [4.69, 9.17) is 19.9 Å². The van der Waals surface area contributed by atoms with Gasteiger partial charge in [-0.15, -0.1) is 0 Å². The van der Waals surface area contributed by atoms with Crippen molar-refractivity contribution in [3.63, 3.8) is 0 Å². The second kappa shape index (κ2) is 13.4. The van der Waals surface area contributed by atoms with Crippen molar-refractivity contribution in [2.45, 2.75) is 46.8 Å². The summed E-state index contributed by atoms with van der Waals surface area (Å²) in [6.07, 6.45) is -0.368. The Balaban J connectivity index is 0. The van der Waals surface area contributed by atoms with E-state index in [1.807, 2.05) is 27.7 Å².